The van der Waals surface area contributed by atoms with E-state index in [1.165, 1.54) is 6.42 Å². The van der Waals surface area contributed by atoms with Crippen LogP contribution in [-0.4, -0.2) is 35.2 Å². The number of nitrogens with zero attached hydrogens (tertiary/aromatic N) is 4. The van der Waals surface area contributed by atoms with Crippen molar-refractivity contribution in [1.29, 1.82) is 0 Å². The lowest BCUT2D eigenvalue weighted by Gasteiger charge is -2.31. The van der Waals surface area contributed by atoms with E-state index in [1.807, 2.05) is 14.1 Å². The second-order valence-electron chi connectivity index (χ2n) is 5.74. The van der Waals surface area contributed by atoms with Gasteiger partial charge in [-0.05, 0) is 42.7 Å². The van der Waals surface area contributed by atoms with Crippen molar-refractivity contribution in [3.63, 3.8) is 0 Å². The molecular formula is C13H21ClN4O. The van der Waals surface area contributed by atoms with Crippen LogP contribution in [0.3, 0.4) is 0 Å². The van der Waals surface area contributed by atoms with Crippen LogP contribution in [0.4, 0.5) is 5.95 Å². The Kier molecular flexibility index (Phi) is 4.45. The Morgan fingerprint density at radius 1 is 1.05 bits per heavy atom. The number of anilines is 1. The molecule has 19 heavy (non-hydrogen) atoms. The van der Waals surface area contributed by atoms with E-state index in [0.717, 1.165) is 12.8 Å². The molecule has 0 spiro atoms. The molecule has 2 unspecified atom stereocenters. The van der Waals surface area contributed by atoms with Gasteiger partial charge < -0.3 is 9.64 Å². The van der Waals surface area contributed by atoms with E-state index in [9.17, 15) is 0 Å². The highest BCUT2D eigenvalue weighted by Gasteiger charge is 2.26. The Morgan fingerprint density at radius 2 is 1.68 bits per heavy atom. The maximum absolute atomic E-state index is 5.90. The number of halogens is 1. The zero-order chi connectivity index (χ0) is 14.0. The SMILES string of the molecule is CC1CC(C)CC(Oc2nc(Cl)nc(N(C)C)n2)C1. The summed E-state index contributed by atoms with van der Waals surface area (Å²) in [5.41, 5.74) is 0. The quantitative estimate of drug-likeness (QED) is 0.854. The van der Waals surface area contributed by atoms with Gasteiger partial charge in [0.15, 0.2) is 0 Å². The van der Waals surface area contributed by atoms with E-state index < -0.39 is 0 Å². The first-order valence-corrected chi connectivity index (χ1v) is 7.07. The summed E-state index contributed by atoms with van der Waals surface area (Å²) < 4.78 is 5.89. The molecule has 0 amide bonds. The van der Waals surface area contributed by atoms with Crippen LogP contribution in [-0.2, 0) is 0 Å². The number of ether oxygens (including phenoxy) is 1. The summed E-state index contributed by atoms with van der Waals surface area (Å²) in [6, 6.07) is 0.329. The average molecular weight is 285 g/mol. The second-order valence-corrected chi connectivity index (χ2v) is 6.08. The maximum Gasteiger partial charge on any atom is 0.322 e. The van der Waals surface area contributed by atoms with Crippen molar-refractivity contribution in [1.82, 2.24) is 15.0 Å². The summed E-state index contributed by atoms with van der Waals surface area (Å²) in [4.78, 5) is 14.2. The van der Waals surface area contributed by atoms with E-state index in [4.69, 9.17) is 16.3 Å². The number of hydrogen-bond acceptors (Lipinski definition) is 5. The van der Waals surface area contributed by atoms with Crippen LogP contribution in [0.2, 0.25) is 5.28 Å². The Labute approximate surface area is 119 Å². The van der Waals surface area contributed by atoms with Gasteiger partial charge in [0.1, 0.15) is 6.10 Å². The van der Waals surface area contributed by atoms with Gasteiger partial charge in [-0.2, -0.15) is 15.0 Å². The summed E-state index contributed by atoms with van der Waals surface area (Å²) in [5.74, 6) is 1.88. The third-order valence-corrected chi connectivity index (χ3v) is 3.55. The lowest BCUT2D eigenvalue weighted by molar-refractivity contribution is 0.0919. The smallest absolute Gasteiger partial charge is 0.322 e. The third-order valence-electron chi connectivity index (χ3n) is 3.38. The molecule has 2 rings (SSSR count). The molecule has 2 atom stereocenters. The van der Waals surface area contributed by atoms with Crippen molar-refractivity contribution in [3.8, 4) is 6.01 Å². The number of hydrogen-bond donors (Lipinski definition) is 0. The molecule has 1 aromatic rings. The molecule has 1 aromatic heterocycles. The molecule has 106 valence electrons. The average Bonchev–Trinajstić information content (AvgIpc) is 2.26. The molecular weight excluding hydrogens is 264 g/mol. The first-order chi connectivity index (χ1) is 8.94. The van der Waals surface area contributed by atoms with Gasteiger partial charge >= 0.3 is 6.01 Å². The minimum absolute atomic E-state index is 0.172. The lowest BCUT2D eigenvalue weighted by atomic mass is 9.82. The van der Waals surface area contributed by atoms with Gasteiger partial charge in [0.05, 0.1) is 0 Å². The van der Waals surface area contributed by atoms with Gasteiger partial charge in [0, 0.05) is 14.1 Å². The minimum atomic E-state index is 0.172. The standard InChI is InChI=1S/C13H21ClN4O/c1-8-5-9(2)7-10(6-8)19-13-16-11(14)15-12(17-13)18(3)4/h8-10H,5-7H2,1-4H3. The van der Waals surface area contributed by atoms with Crippen LogP contribution in [0.5, 0.6) is 6.01 Å². The lowest BCUT2D eigenvalue weighted by Crippen LogP contribution is -2.29. The van der Waals surface area contributed by atoms with Gasteiger partial charge in [0.2, 0.25) is 11.2 Å². The van der Waals surface area contributed by atoms with Gasteiger partial charge in [-0.3, -0.25) is 0 Å². The predicted molar refractivity (Wildman–Crippen MR) is 75.8 cm³/mol. The highest BCUT2D eigenvalue weighted by Crippen LogP contribution is 2.30. The molecule has 1 aliphatic carbocycles. The van der Waals surface area contributed by atoms with Gasteiger partial charge in [-0.15, -0.1) is 0 Å². The highest BCUT2D eigenvalue weighted by molar-refractivity contribution is 6.28. The fraction of sp³-hybridized carbons (Fsp3) is 0.769. The van der Waals surface area contributed by atoms with Gasteiger partial charge in [-0.1, -0.05) is 13.8 Å². The minimum Gasteiger partial charge on any atom is -0.460 e. The van der Waals surface area contributed by atoms with Gasteiger partial charge in [-0.25, -0.2) is 0 Å². The fourth-order valence-electron chi connectivity index (χ4n) is 2.69. The Balaban J connectivity index is 2.10. The summed E-state index contributed by atoms with van der Waals surface area (Å²) in [5, 5.41) is 0.172. The Hall–Kier alpha value is -1.10. The van der Waals surface area contributed by atoms with Crippen LogP contribution in [0.1, 0.15) is 33.1 Å². The molecule has 0 aliphatic heterocycles. The van der Waals surface area contributed by atoms with Crippen LogP contribution in [0, 0.1) is 11.8 Å². The van der Waals surface area contributed by atoms with E-state index in [1.54, 1.807) is 4.90 Å². The van der Waals surface area contributed by atoms with Crippen LogP contribution in [0.25, 0.3) is 0 Å². The van der Waals surface area contributed by atoms with E-state index >= 15 is 0 Å². The van der Waals surface area contributed by atoms with Crippen molar-refractivity contribution in [2.24, 2.45) is 11.8 Å². The summed E-state index contributed by atoms with van der Waals surface area (Å²) in [7, 11) is 3.72. The van der Waals surface area contributed by atoms with Crippen molar-refractivity contribution in [2.75, 3.05) is 19.0 Å². The molecule has 1 heterocycles. The number of aromatic nitrogens is 3. The van der Waals surface area contributed by atoms with E-state index in [-0.39, 0.29) is 11.4 Å². The fourth-order valence-corrected chi connectivity index (χ4v) is 2.84. The maximum atomic E-state index is 5.90. The largest absolute Gasteiger partial charge is 0.460 e. The second kappa shape index (κ2) is 5.90. The third kappa shape index (κ3) is 3.93. The normalized spacial score (nSPS) is 27.1. The zero-order valence-corrected chi connectivity index (χ0v) is 12.7. The van der Waals surface area contributed by atoms with Crippen molar-refractivity contribution < 1.29 is 4.74 Å². The monoisotopic (exact) mass is 284 g/mol. The topological polar surface area (TPSA) is 51.1 Å². The molecule has 1 aliphatic rings. The van der Waals surface area contributed by atoms with Crippen molar-refractivity contribution >= 4 is 17.5 Å². The Morgan fingerprint density at radius 3 is 2.26 bits per heavy atom. The van der Waals surface area contributed by atoms with E-state index in [0.29, 0.717) is 23.8 Å². The zero-order valence-electron chi connectivity index (χ0n) is 11.9. The molecule has 1 fully saturated rings. The van der Waals surface area contributed by atoms with Crippen LogP contribution < -0.4 is 9.64 Å². The summed E-state index contributed by atoms with van der Waals surface area (Å²) in [6.45, 7) is 4.52. The molecule has 1 saturated carbocycles. The van der Waals surface area contributed by atoms with Crippen LogP contribution >= 0.6 is 11.6 Å². The van der Waals surface area contributed by atoms with Crippen molar-refractivity contribution in [3.05, 3.63) is 5.28 Å². The molecule has 5 nitrogen and oxygen atoms in total. The predicted octanol–water partition coefficient (Wildman–Crippen LogP) is 2.79. The molecule has 0 radical (unpaired) electrons. The van der Waals surface area contributed by atoms with Gasteiger partial charge in [0.25, 0.3) is 0 Å². The van der Waals surface area contributed by atoms with Crippen LogP contribution in [0.15, 0.2) is 0 Å². The van der Waals surface area contributed by atoms with E-state index in [2.05, 4.69) is 28.8 Å². The highest BCUT2D eigenvalue weighted by atomic mass is 35.5. The molecule has 0 aromatic carbocycles. The summed E-state index contributed by atoms with van der Waals surface area (Å²) in [6.07, 6.45) is 3.53. The first kappa shape index (κ1) is 14.3. The first-order valence-electron chi connectivity index (χ1n) is 6.69. The molecule has 0 N–H and O–H groups in total. The molecule has 0 bridgehead atoms. The van der Waals surface area contributed by atoms with Crippen molar-refractivity contribution in [2.45, 2.75) is 39.2 Å². The number of rotatable bonds is 3. The molecule has 6 heteroatoms. The summed E-state index contributed by atoms with van der Waals surface area (Å²) >= 11 is 5.90. The Bertz CT molecular complexity index is 431. The molecule has 0 saturated heterocycles.